The molecule has 2 rings (SSSR count). The van der Waals surface area contributed by atoms with E-state index >= 15 is 0 Å². The summed E-state index contributed by atoms with van der Waals surface area (Å²) >= 11 is 11.7. The molecule has 4 nitrogen and oxygen atoms in total. The number of nitrogens with zero attached hydrogens (tertiary/aromatic N) is 1. The average molecular weight is 287 g/mol. The van der Waals surface area contributed by atoms with Gasteiger partial charge in [0.25, 0.3) is 5.91 Å². The van der Waals surface area contributed by atoms with Crippen molar-refractivity contribution in [2.75, 3.05) is 4.90 Å². The van der Waals surface area contributed by atoms with E-state index < -0.39 is 12.1 Å². The SMILES string of the molecule is CC(C)[C@H]1NC(=O)N(c2cc(Cl)cc(Cl)c2)C1=O. The van der Waals surface area contributed by atoms with Crippen LogP contribution in [0.5, 0.6) is 0 Å². The minimum absolute atomic E-state index is 0.0288. The Bertz CT molecular complexity index is 497. The highest BCUT2D eigenvalue weighted by atomic mass is 35.5. The Kier molecular flexibility index (Phi) is 3.50. The third-order valence-electron chi connectivity index (χ3n) is 2.74. The van der Waals surface area contributed by atoms with Crippen molar-refractivity contribution >= 4 is 40.8 Å². The molecule has 18 heavy (non-hydrogen) atoms. The fourth-order valence-corrected chi connectivity index (χ4v) is 2.38. The molecule has 1 N–H and O–H groups in total. The van der Waals surface area contributed by atoms with Crippen LogP contribution in [0.1, 0.15) is 13.8 Å². The molecular formula is C12H12Cl2N2O2. The highest BCUT2D eigenvalue weighted by Gasteiger charge is 2.40. The van der Waals surface area contributed by atoms with E-state index in [1.165, 1.54) is 12.1 Å². The molecule has 0 aliphatic carbocycles. The lowest BCUT2D eigenvalue weighted by molar-refractivity contribution is -0.119. The topological polar surface area (TPSA) is 49.4 Å². The van der Waals surface area contributed by atoms with Gasteiger partial charge in [-0.2, -0.15) is 0 Å². The number of amides is 3. The summed E-state index contributed by atoms with van der Waals surface area (Å²) in [6.07, 6.45) is 0. The predicted octanol–water partition coefficient (Wildman–Crippen LogP) is 3.07. The average Bonchev–Trinajstić information content (AvgIpc) is 2.52. The number of imide groups is 1. The largest absolute Gasteiger partial charge is 0.329 e. The summed E-state index contributed by atoms with van der Waals surface area (Å²) in [4.78, 5) is 25.0. The van der Waals surface area contributed by atoms with Crippen molar-refractivity contribution in [1.29, 1.82) is 0 Å². The van der Waals surface area contributed by atoms with Crippen molar-refractivity contribution in [3.8, 4) is 0 Å². The molecule has 0 saturated carbocycles. The molecule has 1 atom stereocenters. The van der Waals surface area contributed by atoms with Crippen LogP contribution in [0.3, 0.4) is 0 Å². The first-order chi connectivity index (χ1) is 8.40. The molecule has 1 saturated heterocycles. The van der Waals surface area contributed by atoms with Crippen LogP contribution < -0.4 is 10.2 Å². The summed E-state index contributed by atoms with van der Waals surface area (Å²) in [5, 5.41) is 3.40. The monoisotopic (exact) mass is 286 g/mol. The second-order valence-electron chi connectivity index (χ2n) is 4.47. The van der Waals surface area contributed by atoms with Gasteiger partial charge in [-0.3, -0.25) is 4.79 Å². The summed E-state index contributed by atoms with van der Waals surface area (Å²) < 4.78 is 0. The first kappa shape index (κ1) is 13.2. The second kappa shape index (κ2) is 4.78. The van der Waals surface area contributed by atoms with Crippen LogP contribution in [-0.2, 0) is 4.79 Å². The van der Waals surface area contributed by atoms with E-state index in [1.54, 1.807) is 6.07 Å². The van der Waals surface area contributed by atoms with Gasteiger partial charge in [-0.1, -0.05) is 37.0 Å². The van der Waals surface area contributed by atoms with Crippen LogP contribution in [0.4, 0.5) is 10.5 Å². The quantitative estimate of drug-likeness (QED) is 0.850. The third-order valence-corrected chi connectivity index (χ3v) is 3.18. The molecule has 0 unspecified atom stereocenters. The minimum atomic E-state index is -0.504. The Labute approximate surface area is 115 Å². The van der Waals surface area contributed by atoms with Gasteiger partial charge in [0, 0.05) is 10.0 Å². The Balaban J connectivity index is 2.39. The molecule has 1 fully saturated rings. The van der Waals surface area contributed by atoms with Crippen molar-refractivity contribution < 1.29 is 9.59 Å². The third kappa shape index (κ3) is 2.31. The maximum Gasteiger partial charge on any atom is 0.329 e. The second-order valence-corrected chi connectivity index (χ2v) is 5.35. The minimum Gasteiger partial charge on any atom is -0.325 e. The molecule has 0 radical (unpaired) electrons. The molecule has 1 aromatic rings. The summed E-state index contributed by atoms with van der Waals surface area (Å²) in [7, 11) is 0. The smallest absolute Gasteiger partial charge is 0.325 e. The zero-order valence-corrected chi connectivity index (χ0v) is 11.4. The van der Waals surface area contributed by atoms with E-state index in [0.717, 1.165) is 4.90 Å². The number of rotatable bonds is 2. The van der Waals surface area contributed by atoms with Crippen molar-refractivity contribution in [1.82, 2.24) is 5.32 Å². The van der Waals surface area contributed by atoms with Crippen molar-refractivity contribution in [2.24, 2.45) is 5.92 Å². The molecule has 3 amide bonds. The Morgan fingerprint density at radius 1 is 1.17 bits per heavy atom. The lowest BCUT2D eigenvalue weighted by atomic mass is 10.0. The summed E-state index contributed by atoms with van der Waals surface area (Å²) in [5.74, 6) is -0.255. The number of carbonyl (C=O) groups is 2. The highest BCUT2D eigenvalue weighted by molar-refractivity contribution is 6.35. The lowest BCUT2D eigenvalue weighted by Gasteiger charge is -2.15. The van der Waals surface area contributed by atoms with Gasteiger partial charge in [0.05, 0.1) is 5.69 Å². The number of benzene rings is 1. The van der Waals surface area contributed by atoms with Gasteiger partial charge in [-0.05, 0) is 24.1 Å². The van der Waals surface area contributed by atoms with Crippen LogP contribution in [0.2, 0.25) is 10.0 Å². The number of carbonyl (C=O) groups excluding carboxylic acids is 2. The molecule has 0 aromatic heterocycles. The van der Waals surface area contributed by atoms with E-state index in [-0.39, 0.29) is 11.8 Å². The van der Waals surface area contributed by atoms with Crippen LogP contribution >= 0.6 is 23.2 Å². The van der Waals surface area contributed by atoms with Crippen LogP contribution in [0, 0.1) is 5.92 Å². The van der Waals surface area contributed by atoms with Crippen molar-refractivity contribution in [2.45, 2.75) is 19.9 Å². The summed E-state index contributed by atoms with van der Waals surface area (Å²) in [5.41, 5.74) is 0.387. The first-order valence-corrected chi connectivity index (χ1v) is 6.26. The molecule has 1 heterocycles. The van der Waals surface area contributed by atoms with Gasteiger partial charge in [-0.25, -0.2) is 9.69 Å². The Morgan fingerprint density at radius 2 is 1.72 bits per heavy atom. The number of urea groups is 1. The van der Waals surface area contributed by atoms with Gasteiger partial charge >= 0.3 is 6.03 Å². The van der Waals surface area contributed by atoms with E-state index in [0.29, 0.717) is 15.7 Å². The highest BCUT2D eigenvalue weighted by Crippen LogP contribution is 2.28. The van der Waals surface area contributed by atoms with Crippen LogP contribution in [0.25, 0.3) is 0 Å². The molecule has 6 heteroatoms. The van der Waals surface area contributed by atoms with E-state index in [9.17, 15) is 9.59 Å². The predicted molar refractivity (Wildman–Crippen MR) is 71.1 cm³/mol. The maximum atomic E-state index is 12.1. The van der Waals surface area contributed by atoms with Gasteiger partial charge in [0.15, 0.2) is 0 Å². The van der Waals surface area contributed by atoms with Gasteiger partial charge in [-0.15, -0.1) is 0 Å². The van der Waals surface area contributed by atoms with E-state index in [2.05, 4.69) is 5.32 Å². The van der Waals surface area contributed by atoms with Gasteiger partial charge < -0.3 is 5.32 Å². The number of halogens is 2. The fraction of sp³-hybridized carbons (Fsp3) is 0.333. The van der Waals surface area contributed by atoms with Crippen molar-refractivity contribution in [3.63, 3.8) is 0 Å². The van der Waals surface area contributed by atoms with Gasteiger partial charge in [0.1, 0.15) is 6.04 Å². The lowest BCUT2D eigenvalue weighted by Crippen LogP contribution is -2.34. The zero-order chi connectivity index (χ0) is 13.4. The maximum absolute atomic E-state index is 12.1. The normalized spacial score (nSPS) is 19.6. The van der Waals surface area contributed by atoms with Crippen LogP contribution in [0.15, 0.2) is 18.2 Å². The fourth-order valence-electron chi connectivity index (χ4n) is 1.86. The Hall–Kier alpha value is -1.26. The summed E-state index contributed by atoms with van der Waals surface area (Å²) in [6.45, 7) is 3.74. The van der Waals surface area contributed by atoms with Crippen LogP contribution in [-0.4, -0.2) is 18.0 Å². The summed E-state index contributed by atoms with van der Waals surface area (Å²) in [6, 6.07) is 3.67. The Morgan fingerprint density at radius 3 is 2.17 bits per heavy atom. The van der Waals surface area contributed by atoms with Crippen molar-refractivity contribution in [3.05, 3.63) is 28.2 Å². The van der Waals surface area contributed by atoms with Gasteiger partial charge in [0.2, 0.25) is 0 Å². The molecule has 1 aliphatic heterocycles. The van der Waals surface area contributed by atoms with E-state index in [1.807, 2.05) is 13.8 Å². The molecule has 1 aromatic carbocycles. The van der Waals surface area contributed by atoms with E-state index in [4.69, 9.17) is 23.2 Å². The first-order valence-electron chi connectivity index (χ1n) is 5.50. The number of hydrogen-bond donors (Lipinski definition) is 1. The number of nitrogens with one attached hydrogen (secondary N) is 1. The number of hydrogen-bond acceptors (Lipinski definition) is 2. The molecule has 96 valence electrons. The zero-order valence-electron chi connectivity index (χ0n) is 9.91. The molecule has 0 spiro atoms. The molecular weight excluding hydrogens is 275 g/mol. The number of anilines is 1. The molecule has 0 bridgehead atoms. The standard InChI is InChI=1S/C12H12Cl2N2O2/c1-6(2)10-11(17)16(12(18)15-10)9-4-7(13)3-8(14)5-9/h3-6,10H,1-2H3,(H,15,18)/t10-/m1/s1. The molecule has 1 aliphatic rings.